The minimum Gasteiger partial charge on any atom is -0.333 e. The van der Waals surface area contributed by atoms with Gasteiger partial charge >= 0.3 is 0 Å². The molecule has 1 aromatic carbocycles. The fourth-order valence-corrected chi connectivity index (χ4v) is 3.09. The number of fused-ring (bicyclic) bond motifs is 1. The Morgan fingerprint density at radius 2 is 1.81 bits per heavy atom. The average Bonchev–Trinajstić information content (AvgIpc) is 3.06. The summed E-state index contributed by atoms with van der Waals surface area (Å²) in [5, 5.41) is 0. The standard InChI is InChI=1S/C20H18N4O2/c1-14-2-4-16(5-3-14)18(25)13-23-10-11-24-19(26)12-17(22-20(23)24)15-6-8-21-9-7-15/h2-9,12H,10-11,13H2,1H3. The van der Waals surface area contributed by atoms with Crippen molar-refractivity contribution < 1.29 is 4.79 Å². The maximum Gasteiger partial charge on any atom is 0.255 e. The second kappa shape index (κ2) is 6.55. The maximum absolute atomic E-state index is 12.6. The number of aromatic nitrogens is 3. The number of rotatable bonds is 4. The second-order valence-corrected chi connectivity index (χ2v) is 6.38. The second-order valence-electron chi connectivity index (χ2n) is 6.38. The van der Waals surface area contributed by atoms with Crippen molar-refractivity contribution in [2.24, 2.45) is 0 Å². The molecular weight excluding hydrogens is 328 g/mol. The molecule has 0 unspecified atom stereocenters. The summed E-state index contributed by atoms with van der Waals surface area (Å²) in [6, 6.07) is 12.7. The van der Waals surface area contributed by atoms with E-state index in [2.05, 4.69) is 9.97 Å². The molecule has 6 nitrogen and oxygen atoms in total. The minimum absolute atomic E-state index is 0.0158. The van der Waals surface area contributed by atoms with E-state index in [1.165, 1.54) is 6.07 Å². The van der Waals surface area contributed by atoms with Crippen LogP contribution in [0.4, 0.5) is 5.95 Å². The number of ketones is 1. The molecule has 0 atom stereocenters. The van der Waals surface area contributed by atoms with E-state index in [1.54, 1.807) is 17.0 Å². The first-order chi connectivity index (χ1) is 12.6. The van der Waals surface area contributed by atoms with Gasteiger partial charge in [0.05, 0.1) is 12.2 Å². The van der Waals surface area contributed by atoms with Crippen LogP contribution in [0.3, 0.4) is 0 Å². The van der Waals surface area contributed by atoms with Crippen molar-refractivity contribution in [3.05, 3.63) is 76.3 Å². The van der Waals surface area contributed by atoms with Gasteiger partial charge in [-0.15, -0.1) is 0 Å². The van der Waals surface area contributed by atoms with E-state index in [-0.39, 0.29) is 17.9 Å². The average molecular weight is 346 g/mol. The van der Waals surface area contributed by atoms with Crippen molar-refractivity contribution in [2.45, 2.75) is 13.5 Å². The minimum atomic E-state index is -0.105. The summed E-state index contributed by atoms with van der Waals surface area (Å²) in [5.74, 6) is 0.562. The van der Waals surface area contributed by atoms with E-state index in [4.69, 9.17) is 0 Å². The van der Waals surface area contributed by atoms with Gasteiger partial charge in [0.25, 0.3) is 5.56 Å². The number of pyridine rings is 1. The third-order valence-electron chi connectivity index (χ3n) is 4.55. The fraction of sp³-hybridized carbons (Fsp3) is 0.200. The molecule has 26 heavy (non-hydrogen) atoms. The van der Waals surface area contributed by atoms with Crippen molar-refractivity contribution in [2.75, 3.05) is 18.0 Å². The number of carbonyl (C=O) groups excluding carboxylic acids is 1. The lowest BCUT2D eigenvalue weighted by molar-refractivity contribution is 0.0999. The molecule has 0 radical (unpaired) electrons. The highest BCUT2D eigenvalue weighted by Crippen LogP contribution is 2.22. The van der Waals surface area contributed by atoms with E-state index in [0.717, 1.165) is 11.1 Å². The van der Waals surface area contributed by atoms with Crippen LogP contribution in [0.25, 0.3) is 11.3 Å². The lowest BCUT2D eigenvalue weighted by Gasteiger charge is -2.17. The van der Waals surface area contributed by atoms with Gasteiger partial charge in [0.15, 0.2) is 5.78 Å². The van der Waals surface area contributed by atoms with Gasteiger partial charge in [-0.25, -0.2) is 4.98 Å². The highest BCUT2D eigenvalue weighted by atomic mass is 16.1. The van der Waals surface area contributed by atoms with Gasteiger partial charge in [0.2, 0.25) is 5.95 Å². The molecule has 3 heterocycles. The van der Waals surface area contributed by atoms with Crippen molar-refractivity contribution in [3.63, 3.8) is 0 Å². The smallest absolute Gasteiger partial charge is 0.255 e. The van der Waals surface area contributed by atoms with Crippen LogP contribution in [0, 0.1) is 6.92 Å². The number of anilines is 1. The zero-order chi connectivity index (χ0) is 18.1. The highest BCUT2D eigenvalue weighted by Gasteiger charge is 2.25. The SMILES string of the molecule is Cc1ccc(C(=O)CN2CCn3c2nc(-c2ccncc2)cc3=O)cc1. The number of Topliss-reactive ketones (excluding diaryl/α,β-unsaturated/α-hetero) is 1. The number of hydrogen-bond acceptors (Lipinski definition) is 5. The van der Waals surface area contributed by atoms with E-state index in [9.17, 15) is 9.59 Å². The molecule has 0 saturated heterocycles. The third kappa shape index (κ3) is 3.01. The molecule has 1 aliphatic rings. The van der Waals surface area contributed by atoms with Crippen LogP contribution in [0.15, 0.2) is 59.7 Å². The molecule has 0 saturated carbocycles. The molecule has 3 aromatic rings. The summed E-state index contributed by atoms with van der Waals surface area (Å²) in [7, 11) is 0. The lowest BCUT2D eigenvalue weighted by Crippen LogP contribution is -2.29. The molecule has 0 bridgehead atoms. The Hall–Kier alpha value is -3.28. The van der Waals surface area contributed by atoms with Crippen LogP contribution in [-0.4, -0.2) is 33.4 Å². The lowest BCUT2D eigenvalue weighted by atomic mass is 10.1. The first kappa shape index (κ1) is 16.2. The molecule has 0 aliphatic carbocycles. The highest BCUT2D eigenvalue weighted by molar-refractivity contribution is 5.99. The Balaban J connectivity index is 1.64. The van der Waals surface area contributed by atoms with E-state index < -0.39 is 0 Å². The maximum atomic E-state index is 12.6. The molecule has 0 fully saturated rings. The van der Waals surface area contributed by atoms with Crippen LogP contribution in [0.5, 0.6) is 0 Å². The first-order valence-corrected chi connectivity index (χ1v) is 8.49. The normalized spacial score (nSPS) is 12.9. The molecule has 0 N–H and O–H groups in total. The molecule has 1 aliphatic heterocycles. The Morgan fingerprint density at radius 1 is 1.08 bits per heavy atom. The Labute approximate surface area is 150 Å². The number of aryl methyl sites for hydroxylation is 1. The van der Waals surface area contributed by atoms with Gasteiger partial charge in [-0.3, -0.25) is 19.1 Å². The summed E-state index contributed by atoms with van der Waals surface area (Å²) in [6.07, 6.45) is 3.33. The quantitative estimate of drug-likeness (QED) is 0.678. The van der Waals surface area contributed by atoms with Gasteiger partial charge in [0, 0.05) is 42.7 Å². The number of nitrogens with zero attached hydrogens (tertiary/aromatic N) is 4. The fourth-order valence-electron chi connectivity index (χ4n) is 3.09. The molecule has 0 spiro atoms. The van der Waals surface area contributed by atoms with E-state index in [1.807, 2.05) is 48.2 Å². The summed E-state index contributed by atoms with van der Waals surface area (Å²) in [6.45, 7) is 3.33. The van der Waals surface area contributed by atoms with Gasteiger partial charge in [-0.1, -0.05) is 29.8 Å². The van der Waals surface area contributed by atoms with Crippen molar-refractivity contribution >= 4 is 11.7 Å². The molecule has 2 aromatic heterocycles. The topological polar surface area (TPSA) is 68.1 Å². The Bertz CT molecular complexity index is 1010. The largest absolute Gasteiger partial charge is 0.333 e. The van der Waals surface area contributed by atoms with Crippen LogP contribution in [0.1, 0.15) is 15.9 Å². The van der Waals surface area contributed by atoms with Crippen molar-refractivity contribution in [1.29, 1.82) is 0 Å². The van der Waals surface area contributed by atoms with E-state index in [0.29, 0.717) is 30.3 Å². The molecule has 4 rings (SSSR count). The predicted molar refractivity (Wildman–Crippen MR) is 99.5 cm³/mol. The first-order valence-electron chi connectivity index (χ1n) is 8.49. The zero-order valence-corrected chi connectivity index (χ0v) is 14.4. The molecular formula is C20H18N4O2. The van der Waals surface area contributed by atoms with Crippen LogP contribution >= 0.6 is 0 Å². The summed E-state index contributed by atoms with van der Waals surface area (Å²) in [4.78, 5) is 35.5. The molecule has 130 valence electrons. The van der Waals surface area contributed by atoms with Gasteiger partial charge in [0.1, 0.15) is 0 Å². The van der Waals surface area contributed by atoms with E-state index >= 15 is 0 Å². The monoisotopic (exact) mass is 346 g/mol. The third-order valence-corrected chi connectivity index (χ3v) is 4.55. The van der Waals surface area contributed by atoms with Gasteiger partial charge in [-0.05, 0) is 19.1 Å². The number of benzene rings is 1. The van der Waals surface area contributed by atoms with Gasteiger partial charge < -0.3 is 4.90 Å². The molecule has 6 heteroatoms. The molecule has 0 amide bonds. The summed E-state index contributed by atoms with van der Waals surface area (Å²) >= 11 is 0. The van der Waals surface area contributed by atoms with Crippen molar-refractivity contribution in [3.8, 4) is 11.3 Å². The summed E-state index contributed by atoms with van der Waals surface area (Å²) < 4.78 is 1.62. The number of carbonyl (C=O) groups is 1. The Kier molecular flexibility index (Phi) is 4.08. The van der Waals surface area contributed by atoms with Gasteiger partial charge in [-0.2, -0.15) is 0 Å². The van der Waals surface area contributed by atoms with Crippen molar-refractivity contribution in [1.82, 2.24) is 14.5 Å². The van der Waals surface area contributed by atoms with Crippen LogP contribution in [-0.2, 0) is 6.54 Å². The zero-order valence-electron chi connectivity index (χ0n) is 14.4. The Morgan fingerprint density at radius 3 is 2.54 bits per heavy atom. The van der Waals surface area contributed by atoms with Crippen LogP contribution in [0.2, 0.25) is 0 Å². The number of hydrogen-bond donors (Lipinski definition) is 0. The summed E-state index contributed by atoms with van der Waals surface area (Å²) in [5.41, 5.74) is 3.10. The predicted octanol–water partition coefficient (Wildman–Crippen LogP) is 2.32. The van der Waals surface area contributed by atoms with Crippen LogP contribution < -0.4 is 10.5 Å².